The molecular weight excluding hydrogens is 274 g/mol. The molecule has 1 aromatic carbocycles. The number of nitrogens with zero attached hydrogens (tertiary/aromatic N) is 3. The number of nitriles is 1. The van der Waals surface area contributed by atoms with Crippen LogP contribution in [-0.4, -0.2) is 30.1 Å². The molecule has 1 rings (SSSR count). The van der Waals surface area contributed by atoms with Crippen molar-refractivity contribution < 1.29 is 14.5 Å². The number of hydrogen-bond donors (Lipinski definition) is 0. The average Bonchev–Trinajstić information content (AvgIpc) is 2.44. The van der Waals surface area contributed by atoms with Crippen LogP contribution in [0.5, 0.6) is 0 Å². The molecule has 0 N–H and O–H groups in total. The molecule has 0 aromatic heterocycles. The molecule has 0 heterocycles. The van der Waals surface area contributed by atoms with Crippen LogP contribution in [0.25, 0.3) is 0 Å². The van der Waals surface area contributed by atoms with Gasteiger partial charge in [-0.1, -0.05) is 0 Å². The predicted octanol–water partition coefficient (Wildman–Crippen LogP) is 2.24. The van der Waals surface area contributed by atoms with Crippen molar-refractivity contribution in [1.29, 1.82) is 5.26 Å². The summed E-state index contributed by atoms with van der Waals surface area (Å²) in [5, 5.41) is 19.9. The van der Waals surface area contributed by atoms with E-state index < -0.39 is 10.9 Å². The Kier molecular flexibility index (Phi) is 5.67. The number of ether oxygens (including phenoxy) is 1. The molecule has 0 saturated carbocycles. The lowest BCUT2D eigenvalue weighted by atomic mass is 10.1. The van der Waals surface area contributed by atoms with Crippen molar-refractivity contribution in [3.05, 3.63) is 33.9 Å². The molecule has 7 nitrogen and oxygen atoms in total. The number of rotatable bonds is 6. The normalized spacial score (nSPS) is 10.0. The first-order chi connectivity index (χ1) is 9.90. The summed E-state index contributed by atoms with van der Waals surface area (Å²) < 4.78 is 4.91. The fraction of sp³-hybridized carbons (Fsp3) is 0.429. The van der Waals surface area contributed by atoms with Crippen LogP contribution in [0.1, 0.15) is 26.3 Å². The van der Waals surface area contributed by atoms with Gasteiger partial charge in [0.05, 0.1) is 22.8 Å². The quantitative estimate of drug-likeness (QED) is 0.453. The van der Waals surface area contributed by atoms with E-state index in [9.17, 15) is 20.2 Å². The second-order valence-electron chi connectivity index (χ2n) is 4.60. The van der Waals surface area contributed by atoms with Crippen molar-refractivity contribution in [2.24, 2.45) is 0 Å². The molecule has 21 heavy (non-hydrogen) atoms. The van der Waals surface area contributed by atoms with Gasteiger partial charge in [-0.25, -0.2) is 0 Å². The first-order valence-corrected chi connectivity index (χ1v) is 6.51. The molecule has 0 fully saturated rings. The third-order valence-electron chi connectivity index (χ3n) is 2.85. The maximum absolute atomic E-state index is 11.7. The van der Waals surface area contributed by atoms with Crippen molar-refractivity contribution in [2.75, 3.05) is 18.1 Å². The Labute approximate surface area is 122 Å². The molecule has 0 spiro atoms. The second-order valence-corrected chi connectivity index (χ2v) is 4.60. The van der Waals surface area contributed by atoms with E-state index in [1.54, 1.807) is 11.8 Å². The highest BCUT2D eigenvalue weighted by Gasteiger charge is 2.20. The van der Waals surface area contributed by atoms with E-state index in [-0.39, 0.29) is 30.4 Å². The summed E-state index contributed by atoms with van der Waals surface area (Å²) in [6.07, 6.45) is 0. The van der Waals surface area contributed by atoms with Crippen molar-refractivity contribution in [3.63, 3.8) is 0 Å². The lowest BCUT2D eigenvalue weighted by molar-refractivity contribution is -0.384. The van der Waals surface area contributed by atoms with Crippen molar-refractivity contribution in [1.82, 2.24) is 0 Å². The van der Waals surface area contributed by atoms with Crippen molar-refractivity contribution in [3.8, 4) is 6.07 Å². The number of hydrogen-bond acceptors (Lipinski definition) is 6. The molecule has 0 saturated heterocycles. The summed E-state index contributed by atoms with van der Waals surface area (Å²) in [4.78, 5) is 23.5. The summed E-state index contributed by atoms with van der Waals surface area (Å²) in [5.74, 6) is -0.409. The minimum atomic E-state index is -0.560. The fourth-order valence-electron chi connectivity index (χ4n) is 1.87. The van der Waals surface area contributed by atoms with Gasteiger partial charge in [0.2, 0.25) is 0 Å². The lowest BCUT2D eigenvalue weighted by Gasteiger charge is -2.28. The Morgan fingerprint density at radius 1 is 1.52 bits per heavy atom. The maximum Gasteiger partial charge on any atom is 0.325 e. The number of carbonyl (C=O) groups excluding carboxylic acids is 1. The van der Waals surface area contributed by atoms with Crippen LogP contribution in [0.4, 0.5) is 11.4 Å². The second kappa shape index (κ2) is 7.24. The minimum absolute atomic E-state index is 0.0159. The van der Waals surface area contributed by atoms with E-state index >= 15 is 0 Å². The van der Waals surface area contributed by atoms with Gasteiger partial charge in [-0.2, -0.15) is 5.26 Å². The third-order valence-corrected chi connectivity index (χ3v) is 2.85. The Hall–Kier alpha value is -2.62. The minimum Gasteiger partial charge on any atom is -0.465 e. The van der Waals surface area contributed by atoms with Crippen LogP contribution in [-0.2, 0) is 9.53 Å². The highest BCUT2D eigenvalue weighted by molar-refractivity contribution is 5.77. The lowest BCUT2D eigenvalue weighted by Crippen LogP contribution is -2.37. The number of non-ortho nitro benzene ring substituents is 1. The van der Waals surface area contributed by atoms with Gasteiger partial charge in [-0.15, -0.1) is 0 Å². The number of nitro groups is 1. The Balaban J connectivity index is 3.17. The van der Waals surface area contributed by atoms with Crippen LogP contribution in [0, 0.1) is 21.4 Å². The molecule has 0 unspecified atom stereocenters. The molecule has 0 atom stereocenters. The Morgan fingerprint density at radius 3 is 2.67 bits per heavy atom. The van der Waals surface area contributed by atoms with E-state index in [0.29, 0.717) is 5.69 Å². The summed E-state index contributed by atoms with van der Waals surface area (Å²) in [5.41, 5.74) is 0.475. The monoisotopic (exact) mass is 291 g/mol. The zero-order valence-corrected chi connectivity index (χ0v) is 12.2. The molecule has 0 amide bonds. The summed E-state index contributed by atoms with van der Waals surface area (Å²) >= 11 is 0. The van der Waals surface area contributed by atoms with Crippen LogP contribution in [0.2, 0.25) is 0 Å². The molecule has 0 bridgehead atoms. The number of anilines is 1. The average molecular weight is 291 g/mol. The van der Waals surface area contributed by atoms with Gasteiger partial charge < -0.3 is 9.64 Å². The van der Waals surface area contributed by atoms with E-state index in [1.807, 2.05) is 19.9 Å². The zero-order chi connectivity index (χ0) is 16.0. The van der Waals surface area contributed by atoms with Crippen LogP contribution in [0.3, 0.4) is 0 Å². The van der Waals surface area contributed by atoms with Crippen LogP contribution < -0.4 is 4.90 Å². The highest BCUT2D eigenvalue weighted by Crippen LogP contribution is 2.26. The highest BCUT2D eigenvalue weighted by atomic mass is 16.6. The largest absolute Gasteiger partial charge is 0.465 e. The molecule has 1 aromatic rings. The topological polar surface area (TPSA) is 96.5 Å². The SMILES string of the molecule is CCOC(=O)CN(c1ccc([N+](=O)[O-])cc1C#N)C(C)C. The summed E-state index contributed by atoms with van der Waals surface area (Å²) in [7, 11) is 0. The van der Waals surface area contributed by atoms with Gasteiger partial charge in [-0.3, -0.25) is 14.9 Å². The maximum atomic E-state index is 11.7. The van der Waals surface area contributed by atoms with E-state index in [2.05, 4.69) is 0 Å². The van der Waals surface area contributed by atoms with Gasteiger partial charge in [0, 0.05) is 18.2 Å². The van der Waals surface area contributed by atoms with Gasteiger partial charge in [0.25, 0.3) is 5.69 Å². The Morgan fingerprint density at radius 2 is 2.19 bits per heavy atom. The van der Waals surface area contributed by atoms with Crippen molar-refractivity contribution in [2.45, 2.75) is 26.8 Å². The number of nitro benzene ring substituents is 1. The Bertz CT molecular complexity index is 578. The zero-order valence-electron chi connectivity index (χ0n) is 12.2. The predicted molar refractivity (Wildman–Crippen MR) is 76.9 cm³/mol. The molecule has 0 aliphatic rings. The number of carbonyl (C=O) groups is 1. The first kappa shape index (κ1) is 16.4. The van der Waals surface area contributed by atoms with Crippen LogP contribution >= 0.6 is 0 Å². The molecule has 0 radical (unpaired) electrons. The first-order valence-electron chi connectivity index (χ1n) is 6.51. The number of benzene rings is 1. The summed E-state index contributed by atoms with van der Waals surface area (Å²) in [6, 6.07) is 5.87. The smallest absolute Gasteiger partial charge is 0.325 e. The molecular formula is C14H17N3O4. The molecule has 112 valence electrons. The standard InChI is InChI=1S/C14H17N3O4/c1-4-21-14(18)9-16(10(2)3)13-6-5-12(17(19)20)7-11(13)8-15/h5-7,10H,4,9H2,1-3H3. The van der Waals surface area contributed by atoms with Gasteiger partial charge in [0.1, 0.15) is 12.6 Å². The molecule has 0 aliphatic carbocycles. The molecule has 0 aliphatic heterocycles. The van der Waals surface area contributed by atoms with Crippen LogP contribution in [0.15, 0.2) is 18.2 Å². The van der Waals surface area contributed by atoms with E-state index in [0.717, 1.165) is 0 Å². The fourth-order valence-corrected chi connectivity index (χ4v) is 1.87. The van der Waals surface area contributed by atoms with Gasteiger partial charge in [-0.05, 0) is 26.8 Å². The van der Waals surface area contributed by atoms with E-state index in [1.165, 1.54) is 18.2 Å². The van der Waals surface area contributed by atoms with Gasteiger partial charge in [0.15, 0.2) is 0 Å². The van der Waals surface area contributed by atoms with Gasteiger partial charge >= 0.3 is 5.97 Å². The van der Waals surface area contributed by atoms with Crippen molar-refractivity contribution >= 4 is 17.3 Å². The molecule has 7 heteroatoms. The number of esters is 1. The summed E-state index contributed by atoms with van der Waals surface area (Å²) in [6.45, 7) is 5.70. The van der Waals surface area contributed by atoms with E-state index in [4.69, 9.17) is 4.74 Å². The third kappa shape index (κ3) is 4.18.